The fraction of sp³-hybridized carbons (Fsp3) is 0.350. The molecule has 2 saturated heterocycles. The van der Waals surface area contributed by atoms with Gasteiger partial charge < -0.3 is 25.0 Å². The second-order valence-electron chi connectivity index (χ2n) is 13.6. The molecule has 0 radical (unpaired) electrons. The van der Waals surface area contributed by atoms with Crippen molar-refractivity contribution in [2.75, 3.05) is 51.3 Å². The number of piperazine rings is 1. The number of aromatic hydroxyl groups is 1. The van der Waals surface area contributed by atoms with E-state index in [-0.39, 0.29) is 18.1 Å². The standard InChI is InChI=1S/C40H42F2N4O3/c1-25-15-34(47)4-6-35(25)37-22-30-24-43-39(38(30)21-29(37)17-27-18-31(41)23-32(42)19-27)44-40(48)36-5-3-33(46-11-9-45(2)10-12-46)20-28(36)16-26-7-13-49-14-8-26/h3-6,15,18-23,26,47H,7-14,16-17,24H2,1-2H3,(H,43,44,48). The van der Waals surface area contributed by atoms with Crippen LogP contribution in [0.25, 0.3) is 11.1 Å². The zero-order chi connectivity index (χ0) is 34.1. The number of hydrogen-bond donors (Lipinski definition) is 2. The molecule has 0 bridgehead atoms. The number of hydrogen-bond acceptors (Lipinski definition) is 6. The molecule has 0 saturated carbocycles. The number of anilines is 1. The molecule has 7 nitrogen and oxygen atoms in total. The van der Waals surface area contributed by atoms with Crippen molar-refractivity contribution >= 4 is 17.4 Å². The number of phenolic OH excluding ortho intramolecular Hbond substituents is 1. The molecule has 3 heterocycles. The first-order valence-electron chi connectivity index (χ1n) is 17.1. The molecule has 7 rings (SSSR count). The maximum atomic E-state index is 14.2. The fourth-order valence-electron chi connectivity index (χ4n) is 7.35. The van der Waals surface area contributed by atoms with Crippen LogP contribution >= 0.6 is 0 Å². The number of benzene rings is 4. The predicted molar refractivity (Wildman–Crippen MR) is 189 cm³/mol. The van der Waals surface area contributed by atoms with Crippen LogP contribution in [0.15, 0.2) is 71.7 Å². The van der Waals surface area contributed by atoms with Crippen LogP contribution in [0.4, 0.5) is 14.5 Å². The van der Waals surface area contributed by atoms with Gasteiger partial charge in [-0.2, -0.15) is 0 Å². The third kappa shape index (κ3) is 7.38. The number of nitrogens with zero attached hydrogens (tertiary/aromatic N) is 3. The molecule has 0 unspecified atom stereocenters. The second-order valence-corrected chi connectivity index (χ2v) is 13.6. The quantitative estimate of drug-likeness (QED) is 0.232. The number of halogens is 2. The highest BCUT2D eigenvalue weighted by Gasteiger charge is 2.26. The molecule has 3 aliphatic heterocycles. The van der Waals surface area contributed by atoms with Crippen LogP contribution in [0.5, 0.6) is 5.75 Å². The van der Waals surface area contributed by atoms with Crippen molar-refractivity contribution in [3.05, 3.63) is 117 Å². The van der Waals surface area contributed by atoms with Crippen molar-refractivity contribution in [2.24, 2.45) is 10.9 Å². The molecule has 1 amide bonds. The van der Waals surface area contributed by atoms with Crippen LogP contribution in [0, 0.1) is 24.5 Å². The number of aryl methyl sites for hydroxylation is 1. The fourth-order valence-corrected chi connectivity index (χ4v) is 7.35. The Balaban J connectivity index is 1.20. The molecular formula is C40H42F2N4O3. The number of phenols is 1. The van der Waals surface area contributed by atoms with Gasteiger partial charge in [0.1, 0.15) is 23.2 Å². The van der Waals surface area contributed by atoms with E-state index >= 15 is 0 Å². The van der Waals surface area contributed by atoms with Crippen molar-refractivity contribution in [1.82, 2.24) is 10.2 Å². The van der Waals surface area contributed by atoms with Crippen LogP contribution in [0.1, 0.15) is 56.6 Å². The van der Waals surface area contributed by atoms with Gasteiger partial charge in [-0.3, -0.25) is 9.79 Å². The summed E-state index contributed by atoms with van der Waals surface area (Å²) in [6.07, 6.45) is 3.02. The number of ether oxygens (including phenoxy) is 1. The Hall–Kier alpha value is -4.60. The topological polar surface area (TPSA) is 77.4 Å². The van der Waals surface area contributed by atoms with Crippen molar-refractivity contribution < 1.29 is 23.4 Å². The molecule has 0 aliphatic carbocycles. The van der Waals surface area contributed by atoms with Crippen molar-refractivity contribution in [2.45, 2.75) is 39.2 Å². The van der Waals surface area contributed by atoms with Gasteiger partial charge in [-0.1, -0.05) is 6.07 Å². The molecule has 254 valence electrons. The minimum absolute atomic E-state index is 0.164. The van der Waals surface area contributed by atoms with E-state index in [4.69, 9.17) is 9.73 Å². The van der Waals surface area contributed by atoms with Gasteiger partial charge in [0.25, 0.3) is 5.91 Å². The maximum absolute atomic E-state index is 14.2. The van der Waals surface area contributed by atoms with Crippen LogP contribution in [0.2, 0.25) is 0 Å². The summed E-state index contributed by atoms with van der Waals surface area (Å²) >= 11 is 0. The molecular weight excluding hydrogens is 622 g/mol. The summed E-state index contributed by atoms with van der Waals surface area (Å²) in [6, 6.07) is 19.0. The van der Waals surface area contributed by atoms with E-state index in [2.05, 4.69) is 34.3 Å². The summed E-state index contributed by atoms with van der Waals surface area (Å²) in [6.45, 7) is 7.69. The Kier molecular flexibility index (Phi) is 9.47. The first-order valence-corrected chi connectivity index (χ1v) is 17.1. The highest BCUT2D eigenvalue weighted by Crippen LogP contribution is 2.35. The summed E-state index contributed by atoms with van der Waals surface area (Å²) in [5.41, 5.74) is 8.55. The Labute approximate surface area is 286 Å². The van der Waals surface area contributed by atoms with E-state index in [9.17, 15) is 18.7 Å². The van der Waals surface area contributed by atoms with Gasteiger partial charge in [0.2, 0.25) is 0 Å². The monoisotopic (exact) mass is 664 g/mol. The lowest BCUT2D eigenvalue weighted by molar-refractivity contribution is 0.0664. The third-order valence-electron chi connectivity index (χ3n) is 10.1. The summed E-state index contributed by atoms with van der Waals surface area (Å²) in [7, 11) is 2.14. The molecule has 2 fully saturated rings. The van der Waals surface area contributed by atoms with Crippen LogP contribution in [-0.4, -0.2) is 68.2 Å². The van der Waals surface area contributed by atoms with Crippen molar-refractivity contribution in [1.29, 1.82) is 0 Å². The van der Waals surface area contributed by atoms with Gasteiger partial charge in [-0.15, -0.1) is 0 Å². The van der Waals surface area contributed by atoms with Crippen molar-refractivity contribution in [3.8, 4) is 16.9 Å². The smallest absolute Gasteiger partial charge is 0.257 e. The third-order valence-corrected chi connectivity index (χ3v) is 10.1. The van der Waals surface area contributed by atoms with Crippen LogP contribution in [0.3, 0.4) is 0 Å². The molecule has 2 N–H and O–H groups in total. The van der Waals surface area contributed by atoms with E-state index in [0.717, 1.165) is 109 Å². The number of carbonyl (C=O) groups excluding carboxylic acids is 1. The number of nitrogens with one attached hydrogen (secondary N) is 1. The number of rotatable bonds is 7. The number of aliphatic imine (C=N–C) groups is 1. The summed E-state index contributed by atoms with van der Waals surface area (Å²) < 4.78 is 34.1. The lowest BCUT2D eigenvalue weighted by Crippen LogP contribution is -2.44. The SMILES string of the molecule is Cc1cc(O)ccc1-c1cc2c(cc1Cc1cc(F)cc(F)c1)C(NC(=O)c1ccc(N3CCN(C)CC3)cc1CC1CCOCC1)=NC2. The van der Waals surface area contributed by atoms with E-state index in [0.29, 0.717) is 29.4 Å². The Morgan fingerprint density at radius 2 is 1.65 bits per heavy atom. The van der Waals surface area contributed by atoms with Gasteiger partial charge in [-0.25, -0.2) is 8.78 Å². The van der Waals surface area contributed by atoms with Gasteiger partial charge in [0.05, 0.1) is 6.54 Å². The highest BCUT2D eigenvalue weighted by atomic mass is 19.1. The summed E-state index contributed by atoms with van der Waals surface area (Å²) in [5.74, 6) is -0.375. The molecule has 9 heteroatoms. The largest absolute Gasteiger partial charge is 0.508 e. The minimum atomic E-state index is -0.636. The molecule has 0 atom stereocenters. The average Bonchev–Trinajstić information content (AvgIpc) is 3.46. The van der Waals surface area contributed by atoms with E-state index in [1.807, 2.05) is 31.2 Å². The Morgan fingerprint density at radius 1 is 0.898 bits per heavy atom. The van der Waals surface area contributed by atoms with Gasteiger partial charge in [0, 0.05) is 62.3 Å². The maximum Gasteiger partial charge on any atom is 0.257 e. The first-order chi connectivity index (χ1) is 23.7. The van der Waals surface area contributed by atoms with E-state index in [1.54, 1.807) is 12.1 Å². The zero-order valence-corrected chi connectivity index (χ0v) is 28.1. The molecule has 49 heavy (non-hydrogen) atoms. The summed E-state index contributed by atoms with van der Waals surface area (Å²) in [4.78, 5) is 23.6. The molecule has 4 aromatic rings. The van der Waals surface area contributed by atoms with Crippen LogP contribution < -0.4 is 10.2 Å². The highest BCUT2D eigenvalue weighted by molar-refractivity contribution is 6.15. The average molecular weight is 665 g/mol. The Bertz CT molecular complexity index is 1890. The zero-order valence-electron chi connectivity index (χ0n) is 28.1. The van der Waals surface area contributed by atoms with Gasteiger partial charge in [-0.05, 0) is 139 Å². The number of amidine groups is 1. The second kappa shape index (κ2) is 14.1. The summed E-state index contributed by atoms with van der Waals surface area (Å²) in [5, 5.41) is 13.2. The van der Waals surface area contributed by atoms with Crippen molar-refractivity contribution in [3.63, 3.8) is 0 Å². The molecule has 3 aliphatic rings. The molecule has 4 aromatic carbocycles. The molecule has 0 aromatic heterocycles. The van der Waals surface area contributed by atoms with Gasteiger partial charge in [0.15, 0.2) is 0 Å². The van der Waals surface area contributed by atoms with E-state index in [1.165, 1.54) is 12.1 Å². The first kappa shape index (κ1) is 32.9. The Morgan fingerprint density at radius 3 is 2.39 bits per heavy atom. The number of likely N-dealkylation sites (N-methyl/N-ethyl adjacent to an activating group) is 1. The lowest BCUT2D eigenvalue weighted by Gasteiger charge is -2.34. The minimum Gasteiger partial charge on any atom is -0.508 e. The predicted octanol–water partition coefficient (Wildman–Crippen LogP) is 6.65. The molecule has 0 spiro atoms. The number of fused-ring (bicyclic) bond motifs is 1. The number of carbonyl (C=O) groups is 1. The normalized spacial score (nSPS) is 16.8. The van der Waals surface area contributed by atoms with Crippen LogP contribution in [-0.2, 0) is 24.1 Å². The van der Waals surface area contributed by atoms with E-state index < -0.39 is 11.6 Å². The lowest BCUT2D eigenvalue weighted by atomic mass is 9.88. The van der Waals surface area contributed by atoms with Gasteiger partial charge >= 0.3 is 0 Å². The number of amides is 1.